The summed E-state index contributed by atoms with van der Waals surface area (Å²) >= 11 is 0. The van der Waals surface area contributed by atoms with Gasteiger partial charge in [0.25, 0.3) is 0 Å². The quantitative estimate of drug-likeness (QED) is 0.407. The number of hydrogen-bond donors (Lipinski definition) is 2. The molecule has 2 aromatic carbocycles. The summed E-state index contributed by atoms with van der Waals surface area (Å²) in [6, 6.07) is 12.0. The Labute approximate surface area is 198 Å². The molecule has 2 aromatic heterocycles. The van der Waals surface area contributed by atoms with Crippen LogP contribution in [0.2, 0.25) is 0 Å². The van der Waals surface area contributed by atoms with Crippen LogP contribution in [0.25, 0.3) is 16.9 Å². The van der Waals surface area contributed by atoms with Crippen molar-refractivity contribution in [3.8, 4) is 17.3 Å². The van der Waals surface area contributed by atoms with Crippen molar-refractivity contribution in [2.75, 3.05) is 12.3 Å². The van der Waals surface area contributed by atoms with Crippen molar-refractivity contribution in [1.29, 1.82) is 5.26 Å². The van der Waals surface area contributed by atoms with E-state index in [0.29, 0.717) is 29.8 Å². The van der Waals surface area contributed by atoms with Crippen LogP contribution in [-0.4, -0.2) is 38.2 Å². The lowest BCUT2D eigenvalue weighted by Crippen LogP contribution is -2.32. The number of hydrogen-bond acceptors (Lipinski definition) is 8. The normalized spacial score (nSPS) is 15.3. The van der Waals surface area contributed by atoms with Crippen molar-refractivity contribution in [3.63, 3.8) is 0 Å². The molecular weight excluding hydrogens is 456 g/mol. The molecule has 1 aliphatic rings. The first-order valence-electron chi connectivity index (χ1n) is 10.8. The fourth-order valence-electron chi connectivity index (χ4n) is 4.02. The highest BCUT2D eigenvalue weighted by Gasteiger charge is 2.26. The van der Waals surface area contributed by atoms with Crippen molar-refractivity contribution in [2.24, 2.45) is 0 Å². The Morgan fingerprint density at radius 2 is 2.06 bits per heavy atom. The molecule has 1 fully saturated rings. The summed E-state index contributed by atoms with van der Waals surface area (Å²) < 4.78 is 35.7. The number of nitrogens with zero attached hydrogens (tertiary/aromatic N) is 5. The Kier molecular flexibility index (Phi) is 5.80. The summed E-state index contributed by atoms with van der Waals surface area (Å²) in [6.07, 6.45) is 0.623. The Morgan fingerprint density at radius 3 is 2.83 bits per heavy atom. The smallest absolute Gasteiger partial charge is 0.323 e. The van der Waals surface area contributed by atoms with E-state index in [4.69, 9.17) is 15.7 Å². The molecule has 0 aliphatic carbocycles. The maximum Gasteiger partial charge on any atom is 0.323 e. The SMILES string of the molecule is N#Cc1cccc(-c2cc3nc(Cc4c(F)cccc4CNC4CCOC4=O)nn3c(N)n2)c1F. The van der Waals surface area contributed by atoms with E-state index in [2.05, 4.69) is 20.4 Å². The molecule has 0 amide bonds. The number of nitrogen functional groups attached to an aromatic ring is 1. The Hall–Kier alpha value is -4.43. The molecule has 11 heteroatoms. The van der Waals surface area contributed by atoms with E-state index in [1.807, 2.05) is 0 Å². The van der Waals surface area contributed by atoms with Gasteiger partial charge in [-0.25, -0.2) is 18.7 Å². The molecule has 0 saturated carbocycles. The van der Waals surface area contributed by atoms with Gasteiger partial charge in [-0.3, -0.25) is 4.79 Å². The van der Waals surface area contributed by atoms with Crippen molar-refractivity contribution < 1.29 is 18.3 Å². The molecular formula is C24H19F2N7O2. The second kappa shape index (κ2) is 9.08. The number of anilines is 1. The predicted octanol–water partition coefficient (Wildman–Crippen LogP) is 2.52. The maximum absolute atomic E-state index is 14.8. The molecule has 1 saturated heterocycles. The summed E-state index contributed by atoms with van der Waals surface area (Å²) in [5, 5.41) is 16.5. The summed E-state index contributed by atoms with van der Waals surface area (Å²) in [5.41, 5.74) is 7.57. The first-order chi connectivity index (χ1) is 16.9. The largest absolute Gasteiger partial charge is 0.464 e. The zero-order chi connectivity index (χ0) is 24.5. The average molecular weight is 475 g/mol. The molecule has 176 valence electrons. The molecule has 9 nitrogen and oxygen atoms in total. The van der Waals surface area contributed by atoms with Crippen LogP contribution in [0.1, 0.15) is 28.9 Å². The van der Waals surface area contributed by atoms with Crippen LogP contribution in [0.3, 0.4) is 0 Å². The Balaban J connectivity index is 1.45. The van der Waals surface area contributed by atoms with Crippen LogP contribution in [0.5, 0.6) is 0 Å². The van der Waals surface area contributed by atoms with Gasteiger partial charge in [0.05, 0.1) is 17.9 Å². The fraction of sp³-hybridized carbons (Fsp3) is 0.208. The molecule has 0 bridgehead atoms. The lowest BCUT2D eigenvalue weighted by molar-refractivity contribution is -0.139. The van der Waals surface area contributed by atoms with Crippen molar-refractivity contribution in [1.82, 2.24) is 24.9 Å². The fourth-order valence-corrected chi connectivity index (χ4v) is 4.02. The minimum absolute atomic E-state index is 0.0341. The Bertz CT molecular complexity index is 1500. The van der Waals surface area contributed by atoms with Gasteiger partial charge in [0.15, 0.2) is 11.5 Å². The van der Waals surface area contributed by atoms with E-state index in [1.165, 1.54) is 28.8 Å². The van der Waals surface area contributed by atoms with Gasteiger partial charge in [-0.1, -0.05) is 18.2 Å². The molecule has 1 aliphatic heterocycles. The van der Waals surface area contributed by atoms with E-state index in [1.54, 1.807) is 24.3 Å². The van der Waals surface area contributed by atoms with E-state index < -0.39 is 17.7 Å². The first kappa shape index (κ1) is 22.4. The summed E-state index contributed by atoms with van der Waals surface area (Å²) in [4.78, 5) is 20.4. The highest BCUT2D eigenvalue weighted by molar-refractivity contribution is 5.77. The Morgan fingerprint density at radius 1 is 1.23 bits per heavy atom. The zero-order valence-corrected chi connectivity index (χ0v) is 18.3. The molecule has 3 heterocycles. The van der Waals surface area contributed by atoms with Crippen LogP contribution >= 0.6 is 0 Å². The van der Waals surface area contributed by atoms with E-state index >= 15 is 0 Å². The number of benzene rings is 2. The number of rotatable bonds is 6. The maximum atomic E-state index is 14.8. The number of carbonyl (C=O) groups excluding carboxylic acids is 1. The summed E-state index contributed by atoms with van der Waals surface area (Å²) in [6.45, 7) is 0.627. The molecule has 0 spiro atoms. The molecule has 5 rings (SSSR count). The lowest BCUT2D eigenvalue weighted by Gasteiger charge is -2.12. The number of fused-ring (bicyclic) bond motifs is 1. The van der Waals surface area contributed by atoms with Crippen LogP contribution in [0, 0.1) is 23.0 Å². The third-order valence-electron chi connectivity index (χ3n) is 5.81. The third kappa shape index (κ3) is 4.27. The van der Waals surface area contributed by atoms with Crippen LogP contribution in [0.15, 0.2) is 42.5 Å². The highest BCUT2D eigenvalue weighted by Crippen LogP contribution is 2.26. The number of carbonyl (C=O) groups is 1. The monoisotopic (exact) mass is 475 g/mol. The van der Waals surface area contributed by atoms with Gasteiger partial charge in [0.2, 0.25) is 5.95 Å². The molecule has 1 atom stereocenters. The number of esters is 1. The van der Waals surface area contributed by atoms with Gasteiger partial charge < -0.3 is 15.8 Å². The van der Waals surface area contributed by atoms with Gasteiger partial charge in [-0.2, -0.15) is 9.78 Å². The third-order valence-corrected chi connectivity index (χ3v) is 5.81. The van der Waals surface area contributed by atoms with Crippen molar-refractivity contribution in [2.45, 2.75) is 25.4 Å². The number of ether oxygens (including phenoxy) is 1. The molecule has 0 radical (unpaired) electrons. The first-order valence-corrected chi connectivity index (χ1v) is 10.8. The standard InChI is InChI=1S/C24H19F2N7O2/c25-17-6-2-4-14(12-29-18-7-8-35-23(18)34)16(17)9-20-31-21-10-19(30-24(28)33(21)32-20)15-5-1-3-13(11-27)22(15)26/h1-6,10,18,29H,7-9,12H2,(H2,28,30). The van der Waals surface area contributed by atoms with Crippen LogP contribution in [0.4, 0.5) is 14.7 Å². The molecule has 3 N–H and O–H groups in total. The van der Waals surface area contributed by atoms with Gasteiger partial charge in [0, 0.05) is 31.0 Å². The highest BCUT2D eigenvalue weighted by atomic mass is 19.1. The van der Waals surface area contributed by atoms with E-state index in [-0.39, 0.29) is 47.5 Å². The van der Waals surface area contributed by atoms with Crippen LogP contribution < -0.4 is 11.1 Å². The number of aromatic nitrogens is 4. The number of nitrogens with one attached hydrogen (secondary N) is 1. The zero-order valence-electron chi connectivity index (χ0n) is 18.3. The van der Waals surface area contributed by atoms with Crippen LogP contribution in [-0.2, 0) is 22.5 Å². The van der Waals surface area contributed by atoms with Gasteiger partial charge in [0.1, 0.15) is 23.7 Å². The number of cyclic esters (lactones) is 1. The number of halogens is 2. The minimum Gasteiger partial charge on any atom is -0.464 e. The number of nitrogens with two attached hydrogens (primary N) is 1. The van der Waals surface area contributed by atoms with Gasteiger partial charge in [-0.15, -0.1) is 5.10 Å². The molecule has 35 heavy (non-hydrogen) atoms. The van der Waals surface area contributed by atoms with E-state index in [9.17, 15) is 13.6 Å². The topological polar surface area (TPSA) is 131 Å². The molecule has 1 unspecified atom stereocenters. The molecule has 4 aromatic rings. The number of nitriles is 1. The summed E-state index contributed by atoms with van der Waals surface area (Å²) in [7, 11) is 0. The van der Waals surface area contributed by atoms with E-state index in [0.717, 1.165) is 0 Å². The summed E-state index contributed by atoms with van der Waals surface area (Å²) in [5.74, 6) is -1.21. The van der Waals surface area contributed by atoms with Gasteiger partial charge in [-0.05, 0) is 29.3 Å². The van der Waals surface area contributed by atoms with Crippen molar-refractivity contribution in [3.05, 3.63) is 76.6 Å². The van der Waals surface area contributed by atoms with Crippen molar-refractivity contribution >= 4 is 17.6 Å². The lowest BCUT2D eigenvalue weighted by atomic mass is 10.0. The second-order valence-electron chi connectivity index (χ2n) is 8.02. The average Bonchev–Trinajstić information content (AvgIpc) is 3.45. The van der Waals surface area contributed by atoms with Gasteiger partial charge >= 0.3 is 5.97 Å². The second-order valence-corrected chi connectivity index (χ2v) is 8.02. The minimum atomic E-state index is -0.708. The predicted molar refractivity (Wildman–Crippen MR) is 121 cm³/mol.